The van der Waals surface area contributed by atoms with Crippen LogP contribution in [0.2, 0.25) is 0 Å². The van der Waals surface area contributed by atoms with Gasteiger partial charge in [-0.25, -0.2) is 0 Å². The number of nitrogens with two attached hydrogens (primary N) is 1. The summed E-state index contributed by atoms with van der Waals surface area (Å²) in [5.41, 5.74) is 9.61. The molecule has 0 saturated carbocycles. The van der Waals surface area contributed by atoms with E-state index >= 15 is 0 Å². The smallest absolute Gasteiger partial charge is 0.466 e. The monoisotopic (exact) mass is 790 g/mol. The van der Waals surface area contributed by atoms with E-state index in [2.05, 4.69) is 20.4 Å². The molecule has 0 radical (unpaired) electrons. The van der Waals surface area contributed by atoms with Crippen molar-refractivity contribution in [2.24, 2.45) is 0 Å². The number of ether oxygens (including phenoxy) is 4. The number of aryl methyl sites for hydroxylation is 2. The third kappa shape index (κ3) is 11.1. The number of rotatable bonds is 11. The van der Waals surface area contributed by atoms with Crippen LogP contribution >= 0.6 is 22.7 Å². The van der Waals surface area contributed by atoms with Gasteiger partial charge >= 0.3 is 41.7 Å². The molecular formula is C31H40B2N6O13S2. The molecule has 4 aromatic rings. The molecule has 0 amide bonds. The number of anilines is 1. The van der Waals surface area contributed by atoms with Gasteiger partial charge in [0.15, 0.2) is 0 Å². The second kappa shape index (κ2) is 20.1. The van der Waals surface area contributed by atoms with Crippen molar-refractivity contribution in [3.05, 3.63) is 56.6 Å². The third-order valence-electron chi connectivity index (χ3n) is 7.25. The lowest BCUT2D eigenvalue weighted by Crippen LogP contribution is -2.28. The fourth-order valence-electron chi connectivity index (χ4n) is 5.41. The van der Waals surface area contributed by atoms with Crippen molar-refractivity contribution in [2.75, 3.05) is 25.6 Å². The number of aromatic nitrogens is 4. The minimum Gasteiger partial charge on any atom is -0.466 e. The summed E-state index contributed by atoms with van der Waals surface area (Å²) in [6.45, 7) is 9.60. The average molecular weight is 790 g/mol. The van der Waals surface area contributed by atoms with Crippen LogP contribution in [0, 0.1) is 24.0 Å². The summed E-state index contributed by atoms with van der Waals surface area (Å²) in [6.07, 6.45) is -1.12. The molecule has 0 aliphatic carbocycles. The number of hydrogen-bond donors (Lipinski definition) is 4. The molecule has 0 spiro atoms. The summed E-state index contributed by atoms with van der Waals surface area (Å²) < 4.78 is 31.9. The highest BCUT2D eigenvalue weighted by Gasteiger charge is 2.39. The van der Waals surface area contributed by atoms with Gasteiger partial charge in [-0.15, -0.1) is 5.10 Å². The second-order valence-corrected chi connectivity index (χ2v) is 12.9. The standard InChI is InChI=1S/C14H14BN3O7S.C14H16BN3O5S.C2H6O.CH4/c1-3-23-11(19)6-10-12-7(2)4-8(5-9(12)15(20)25-10)24-14-17-16-13(26-14)18(21)22;1-3-21-11(19)6-10-12-7(2)4-8(5-9(12)15(20)23-10)22-14-18-17-13(16)24-14;1-2-3;/h4-5,10,20H,3,6H2,1-2H3;4-5,10,20H,3,6H2,1-2H3,(H2,16,17);3H,2H2,1H3;1H4. The van der Waals surface area contributed by atoms with E-state index in [4.69, 9.17) is 39.1 Å². The number of esters is 2. The van der Waals surface area contributed by atoms with E-state index in [9.17, 15) is 29.8 Å². The molecule has 2 unspecified atom stereocenters. The number of fused-ring (bicyclic) bond motifs is 2. The van der Waals surface area contributed by atoms with Gasteiger partial charge in [0.25, 0.3) is 0 Å². The number of nitrogens with zero attached hydrogens (tertiary/aromatic N) is 5. The summed E-state index contributed by atoms with van der Waals surface area (Å²) >= 11 is 1.81. The number of aliphatic hydroxyl groups excluding tert-OH is 1. The molecule has 6 rings (SSSR count). The lowest BCUT2D eigenvalue weighted by molar-refractivity contribution is -0.385. The predicted octanol–water partition coefficient (Wildman–Crippen LogP) is 2.83. The zero-order chi connectivity index (χ0) is 38.8. The quantitative estimate of drug-likeness (QED) is 0.0736. The Balaban J connectivity index is 0.000000267. The van der Waals surface area contributed by atoms with Crippen LogP contribution in [-0.4, -0.2) is 86.5 Å². The molecule has 2 aromatic carbocycles. The maximum atomic E-state index is 11.7. The first kappa shape index (κ1) is 43.6. The molecule has 54 heavy (non-hydrogen) atoms. The van der Waals surface area contributed by atoms with Crippen molar-refractivity contribution < 1.29 is 57.9 Å². The van der Waals surface area contributed by atoms with Crippen LogP contribution < -0.4 is 26.1 Å². The molecule has 0 bridgehead atoms. The van der Waals surface area contributed by atoms with Crippen molar-refractivity contribution in [3.63, 3.8) is 0 Å². The number of nitrogen functional groups attached to an aromatic ring is 1. The van der Waals surface area contributed by atoms with Gasteiger partial charge in [-0.2, -0.15) is 0 Å². The lowest BCUT2D eigenvalue weighted by Gasteiger charge is -2.14. The van der Waals surface area contributed by atoms with E-state index in [0.717, 1.165) is 28.0 Å². The van der Waals surface area contributed by atoms with Gasteiger partial charge in [-0.05, 0) is 108 Å². The van der Waals surface area contributed by atoms with Crippen LogP contribution in [-0.2, 0) is 28.4 Å². The average Bonchev–Trinajstić information content (AvgIpc) is 3.86. The van der Waals surface area contributed by atoms with Gasteiger partial charge in [0, 0.05) is 23.0 Å². The first-order valence-electron chi connectivity index (χ1n) is 16.1. The first-order valence-corrected chi connectivity index (χ1v) is 17.7. The molecule has 2 aromatic heterocycles. The van der Waals surface area contributed by atoms with E-state index in [1.165, 1.54) is 0 Å². The van der Waals surface area contributed by atoms with Crippen molar-refractivity contribution >= 4 is 70.0 Å². The van der Waals surface area contributed by atoms with Crippen LogP contribution in [0.25, 0.3) is 0 Å². The molecule has 290 valence electrons. The Morgan fingerprint density at radius 3 is 1.63 bits per heavy atom. The van der Waals surface area contributed by atoms with Crippen molar-refractivity contribution in [2.45, 2.75) is 67.1 Å². The minimum absolute atomic E-state index is 0. The van der Waals surface area contributed by atoms with Crippen LogP contribution in [0.15, 0.2) is 24.3 Å². The molecule has 4 heterocycles. The third-order valence-corrected chi connectivity index (χ3v) is 8.63. The Morgan fingerprint density at radius 2 is 1.26 bits per heavy atom. The fourth-order valence-corrected chi connectivity index (χ4v) is 6.42. The van der Waals surface area contributed by atoms with Gasteiger partial charge in [0.05, 0.1) is 38.3 Å². The SMILES string of the molecule is C.CCO.CCOC(=O)CC1OB(O)c2cc(Oc3nnc(N)s3)cc(C)c21.CCOC(=O)CC1OB(O)c2cc(Oc3nnc([N+](=O)[O-])s3)cc(C)c21. The zero-order valence-corrected chi connectivity index (χ0v) is 30.8. The summed E-state index contributed by atoms with van der Waals surface area (Å²) in [6, 6.07) is 6.67. The van der Waals surface area contributed by atoms with Gasteiger partial charge < -0.3 is 59.3 Å². The topological polar surface area (TPSA) is 271 Å². The van der Waals surface area contributed by atoms with E-state index in [0.29, 0.717) is 56.3 Å². The first-order chi connectivity index (χ1) is 25.3. The van der Waals surface area contributed by atoms with E-state index < -0.39 is 37.3 Å². The van der Waals surface area contributed by atoms with Gasteiger partial charge in [0.2, 0.25) is 5.13 Å². The van der Waals surface area contributed by atoms with Gasteiger partial charge in [-0.3, -0.25) is 9.59 Å². The Bertz CT molecular complexity index is 1920. The molecule has 0 saturated heterocycles. The van der Waals surface area contributed by atoms with Crippen LogP contribution in [0.4, 0.5) is 10.3 Å². The number of carbonyl (C=O) groups excluding carboxylic acids is 2. The Morgan fingerprint density at radius 1 is 0.833 bits per heavy atom. The zero-order valence-electron chi connectivity index (χ0n) is 29.2. The van der Waals surface area contributed by atoms with Crippen molar-refractivity contribution in [1.82, 2.24) is 20.4 Å². The van der Waals surface area contributed by atoms with Gasteiger partial charge in [-0.1, -0.05) is 12.5 Å². The molecular weight excluding hydrogens is 750 g/mol. The molecule has 5 N–H and O–H groups in total. The molecule has 2 aliphatic rings. The second-order valence-electron chi connectivity index (χ2n) is 11.0. The number of carbonyl (C=O) groups is 2. The Hall–Kier alpha value is -4.77. The molecule has 0 fully saturated rings. The van der Waals surface area contributed by atoms with Crippen molar-refractivity contribution in [1.29, 1.82) is 0 Å². The summed E-state index contributed by atoms with van der Waals surface area (Å²) in [5, 5.41) is 53.2. The summed E-state index contributed by atoms with van der Waals surface area (Å²) in [5.74, 6) is 0.0265. The molecule has 2 atom stereocenters. The molecule has 23 heteroatoms. The predicted molar refractivity (Wildman–Crippen MR) is 198 cm³/mol. The number of hydrogen-bond acceptors (Lipinski definition) is 20. The lowest BCUT2D eigenvalue weighted by atomic mass is 9.77. The van der Waals surface area contributed by atoms with Crippen molar-refractivity contribution in [3.8, 4) is 21.9 Å². The maximum Gasteiger partial charge on any atom is 0.492 e. The number of benzene rings is 2. The number of aliphatic hydroxyl groups is 1. The maximum absolute atomic E-state index is 11.7. The Kier molecular flexibility index (Phi) is 16.2. The highest BCUT2D eigenvalue weighted by molar-refractivity contribution is 7.16. The molecule has 2 aliphatic heterocycles. The molecule has 19 nitrogen and oxygen atoms in total. The van der Waals surface area contributed by atoms with Crippen LogP contribution in [0.3, 0.4) is 0 Å². The van der Waals surface area contributed by atoms with Crippen LogP contribution in [0.1, 0.15) is 75.5 Å². The van der Waals surface area contributed by atoms with Gasteiger partial charge in [0.1, 0.15) is 16.6 Å². The minimum atomic E-state index is -1.21. The van der Waals surface area contributed by atoms with E-state index in [1.54, 1.807) is 52.0 Å². The fraction of sp³-hybridized carbons (Fsp3) is 0.419. The highest BCUT2D eigenvalue weighted by Crippen LogP contribution is 2.36. The normalized spacial score (nSPS) is 15.0. The largest absolute Gasteiger partial charge is 0.492 e. The highest BCUT2D eigenvalue weighted by atomic mass is 32.1. The Labute approximate surface area is 318 Å². The number of nitro groups is 1. The summed E-state index contributed by atoms with van der Waals surface area (Å²) in [4.78, 5) is 33.4. The van der Waals surface area contributed by atoms with E-state index in [1.807, 2.05) is 6.92 Å². The van der Waals surface area contributed by atoms with E-state index in [-0.39, 0.29) is 49.8 Å². The van der Waals surface area contributed by atoms with Crippen LogP contribution in [0.5, 0.6) is 21.9 Å². The summed E-state index contributed by atoms with van der Waals surface area (Å²) in [7, 11) is -2.34.